The fourth-order valence-electron chi connectivity index (χ4n) is 2.25. The highest BCUT2D eigenvalue weighted by Crippen LogP contribution is 2.14. The Labute approximate surface area is 113 Å². The predicted molar refractivity (Wildman–Crippen MR) is 74.1 cm³/mol. The lowest BCUT2D eigenvalue weighted by Crippen LogP contribution is -2.37. The van der Waals surface area contributed by atoms with E-state index in [1.165, 1.54) is 19.3 Å². The third-order valence-electron chi connectivity index (χ3n) is 3.28. The van der Waals surface area contributed by atoms with Crippen molar-refractivity contribution >= 4 is 17.5 Å². The molecule has 18 heavy (non-hydrogen) atoms. The fraction of sp³-hybridized carbons (Fsp3) is 0.500. The SMILES string of the molecule is O=C(NCCN1CCCCC1)c1ccccc1Cl. The van der Waals surface area contributed by atoms with Crippen LogP contribution in [0.3, 0.4) is 0 Å². The first kappa shape index (κ1) is 13.4. The zero-order valence-electron chi connectivity index (χ0n) is 10.5. The van der Waals surface area contributed by atoms with Gasteiger partial charge in [0.25, 0.3) is 5.91 Å². The van der Waals surface area contributed by atoms with Crippen molar-refractivity contribution in [3.63, 3.8) is 0 Å². The van der Waals surface area contributed by atoms with Crippen molar-refractivity contribution in [1.82, 2.24) is 10.2 Å². The molecule has 0 saturated carbocycles. The van der Waals surface area contributed by atoms with Crippen molar-refractivity contribution in [2.75, 3.05) is 26.2 Å². The molecule has 0 unspecified atom stereocenters. The topological polar surface area (TPSA) is 32.3 Å². The molecule has 1 aromatic rings. The predicted octanol–water partition coefficient (Wildman–Crippen LogP) is 2.56. The number of carbonyl (C=O) groups is 1. The molecule has 0 atom stereocenters. The number of likely N-dealkylation sites (tertiary alicyclic amines) is 1. The van der Waals surface area contributed by atoms with Crippen LogP contribution in [-0.2, 0) is 0 Å². The van der Waals surface area contributed by atoms with Gasteiger partial charge >= 0.3 is 0 Å². The van der Waals surface area contributed by atoms with Crippen LogP contribution in [0.5, 0.6) is 0 Å². The Morgan fingerprint density at radius 3 is 2.67 bits per heavy atom. The first-order chi connectivity index (χ1) is 8.77. The Morgan fingerprint density at radius 1 is 1.22 bits per heavy atom. The van der Waals surface area contributed by atoms with Crippen LogP contribution in [0.1, 0.15) is 29.6 Å². The highest BCUT2D eigenvalue weighted by atomic mass is 35.5. The van der Waals surface area contributed by atoms with E-state index in [0.29, 0.717) is 17.1 Å². The Hall–Kier alpha value is -1.06. The lowest BCUT2D eigenvalue weighted by Gasteiger charge is -2.26. The van der Waals surface area contributed by atoms with Gasteiger partial charge in [0, 0.05) is 13.1 Å². The summed E-state index contributed by atoms with van der Waals surface area (Å²) in [7, 11) is 0. The van der Waals surface area contributed by atoms with Gasteiger partial charge < -0.3 is 10.2 Å². The minimum atomic E-state index is -0.0855. The standard InChI is InChI=1S/C14H19ClN2O/c15-13-7-3-2-6-12(13)14(18)16-8-11-17-9-4-1-5-10-17/h2-3,6-7H,1,4-5,8-11H2,(H,16,18). The number of halogens is 1. The maximum absolute atomic E-state index is 11.9. The lowest BCUT2D eigenvalue weighted by atomic mass is 10.1. The van der Waals surface area contributed by atoms with E-state index in [1.54, 1.807) is 12.1 Å². The maximum atomic E-state index is 11.9. The molecule has 0 aliphatic carbocycles. The molecular weight excluding hydrogens is 248 g/mol. The lowest BCUT2D eigenvalue weighted by molar-refractivity contribution is 0.0946. The largest absolute Gasteiger partial charge is 0.351 e. The summed E-state index contributed by atoms with van der Waals surface area (Å²) >= 11 is 5.98. The van der Waals surface area contributed by atoms with E-state index in [4.69, 9.17) is 11.6 Å². The Kier molecular flexibility index (Phi) is 5.02. The molecule has 1 amide bonds. The number of hydrogen-bond donors (Lipinski definition) is 1. The number of amides is 1. The molecule has 2 rings (SSSR count). The fourth-order valence-corrected chi connectivity index (χ4v) is 2.47. The molecule has 0 radical (unpaired) electrons. The quantitative estimate of drug-likeness (QED) is 0.908. The van der Waals surface area contributed by atoms with Crippen LogP contribution in [-0.4, -0.2) is 37.0 Å². The molecule has 4 heteroatoms. The summed E-state index contributed by atoms with van der Waals surface area (Å²) < 4.78 is 0. The highest BCUT2D eigenvalue weighted by molar-refractivity contribution is 6.33. The van der Waals surface area contributed by atoms with E-state index >= 15 is 0 Å². The van der Waals surface area contributed by atoms with E-state index in [9.17, 15) is 4.79 Å². The van der Waals surface area contributed by atoms with Gasteiger partial charge in [0.05, 0.1) is 10.6 Å². The molecule has 3 nitrogen and oxygen atoms in total. The zero-order valence-corrected chi connectivity index (χ0v) is 11.2. The summed E-state index contributed by atoms with van der Waals surface area (Å²) in [6.45, 7) is 3.92. The second-order valence-corrected chi connectivity index (χ2v) is 5.05. The minimum absolute atomic E-state index is 0.0855. The van der Waals surface area contributed by atoms with E-state index < -0.39 is 0 Å². The van der Waals surface area contributed by atoms with Crippen LogP contribution in [0.2, 0.25) is 5.02 Å². The van der Waals surface area contributed by atoms with Gasteiger partial charge in [-0.25, -0.2) is 0 Å². The summed E-state index contributed by atoms with van der Waals surface area (Å²) in [4.78, 5) is 14.3. The van der Waals surface area contributed by atoms with Crippen LogP contribution < -0.4 is 5.32 Å². The summed E-state index contributed by atoms with van der Waals surface area (Å²) in [5.41, 5.74) is 0.554. The van der Waals surface area contributed by atoms with Crippen molar-refractivity contribution in [3.8, 4) is 0 Å². The van der Waals surface area contributed by atoms with Gasteiger partial charge in [0.2, 0.25) is 0 Å². The van der Waals surface area contributed by atoms with Crippen LogP contribution in [0.4, 0.5) is 0 Å². The monoisotopic (exact) mass is 266 g/mol. The average molecular weight is 267 g/mol. The van der Waals surface area contributed by atoms with E-state index in [0.717, 1.165) is 19.6 Å². The zero-order chi connectivity index (χ0) is 12.8. The molecule has 0 aromatic heterocycles. The van der Waals surface area contributed by atoms with Gasteiger partial charge in [0.1, 0.15) is 0 Å². The van der Waals surface area contributed by atoms with Crippen LogP contribution in [0, 0.1) is 0 Å². The Balaban J connectivity index is 1.76. The van der Waals surface area contributed by atoms with Gasteiger partial charge in [-0.3, -0.25) is 4.79 Å². The number of benzene rings is 1. The molecule has 98 valence electrons. The number of carbonyl (C=O) groups excluding carboxylic acids is 1. The minimum Gasteiger partial charge on any atom is -0.351 e. The molecule has 0 spiro atoms. The van der Waals surface area contributed by atoms with Crippen LogP contribution in [0.15, 0.2) is 24.3 Å². The van der Waals surface area contributed by atoms with Crippen molar-refractivity contribution in [2.24, 2.45) is 0 Å². The van der Waals surface area contributed by atoms with E-state index in [-0.39, 0.29) is 5.91 Å². The van der Waals surface area contributed by atoms with Crippen molar-refractivity contribution in [2.45, 2.75) is 19.3 Å². The molecule has 1 aliphatic heterocycles. The third kappa shape index (κ3) is 3.72. The van der Waals surface area contributed by atoms with Gasteiger partial charge in [0.15, 0.2) is 0 Å². The normalized spacial score (nSPS) is 16.5. The van der Waals surface area contributed by atoms with Crippen molar-refractivity contribution in [3.05, 3.63) is 34.9 Å². The molecule has 0 bridgehead atoms. The molecule has 1 heterocycles. The van der Waals surface area contributed by atoms with Gasteiger partial charge in [-0.15, -0.1) is 0 Å². The van der Waals surface area contributed by atoms with Crippen LogP contribution in [0.25, 0.3) is 0 Å². The Morgan fingerprint density at radius 2 is 1.94 bits per heavy atom. The number of piperidine rings is 1. The van der Waals surface area contributed by atoms with Crippen molar-refractivity contribution in [1.29, 1.82) is 0 Å². The average Bonchev–Trinajstić information content (AvgIpc) is 2.40. The molecule has 1 N–H and O–H groups in total. The molecule has 1 aromatic carbocycles. The van der Waals surface area contributed by atoms with Gasteiger partial charge in [-0.05, 0) is 38.1 Å². The molecule has 1 fully saturated rings. The molecule has 1 saturated heterocycles. The van der Waals surface area contributed by atoms with Crippen LogP contribution >= 0.6 is 11.6 Å². The molecule has 1 aliphatic rings. The summed E-state index contributed by atoms with van der Waals surface area (Å²) in [5.74, 6) is -0.0855. The number of rotatable bonds is 4. The number of nitrogens with one attached hydrogen (secondary N) is 1. The smallest absolute Gasteiger partial charge is 0.252 e. The second kappa shape index (κ2) is 6.76. The van der Waals surface area contributed by atoms with Gasteiger partial charge in [-0.2, -0.15) is 0 Å². The van der Waals surface area contributed by atoms with E-state index in [2.05, 4.69) is 10.2 Å². The highest BCUT2D eigenvalue weighted by Gasteiger charge is 2.11. The number of hydrogen-bond acceptors (Lipinski definition) is 2. The summed E-state index contributed by atoms with van der Waals surface area (Å²) in [6.07, 6.45) is 3.89. The van der Waals surface area contributed by atoms with Crippen molar-refractivity contribution < 1.29 is 4.79 Å². The first-order valence-corrected chi connectivity index (χ1v) is 6.90. The molecular formula is C14H19ClN2O. The second-order valence-electron chi connectivity index (χ2n) is 4.64. The van der Waals surface area contributed by atoms with Gasteiger partial charge in [-0.1, -0.05) is 30.2 Å². The number of nitrogens with zero attached hydrogens (tertiary/aromatic N) is 1. The summed E-state index contributed by atoms with van der Waals surface area (Å²) in [5, 5.41) is 3.43. The van der Waals surface area contributed by atoms with E-state index in [1.807, 2.05) is 12.1 Å². The Bertz CT molecular complexity index is 403. The maximum Gasteiger partial charge on any atom is 0.252 e. The third-order valence-corrected chi connectivity index (χ3v) is 3.61. The summed E-state index contributed by atoms with van der Waals surface area (Å²) in [6, 6.07) is 7.14. The first-order valence-electron chi connectivity index (χ1n) is 6.52.